The van der Waals surface area contributed by atoms with E-state index in [1.165, 1.54) is 35.2 Å². The van der Waals surface area contributed by atoms with Gasteiger partial charge < -0.3 is 10.2 Å². The fourth-order valence-electron chi connectivity index (χ4n) is 3.90. The zero-order valence-electron chi connectivity index (χ0n) is 21.9. The van der Waals surface area contributed by atoms with Gasteiger partial charge in [0.15, 0.2) is 0 Å². The summed E-state index contributed by atoms with van der Waals surface area (Å²) in [6.45, 7) is 5.42. The number of hydrogen-bond donors (Lipinski definition) is 1. The Labute approximate surface area is 224 Å². The summed E-state index contributed by atoms with van der Waals surface area (Å²) in [6.07, 6.45) is 1.69. The Morgan fingerprint density at radius 2 is 1.58 bits per heavy atom. The highest BCUT2D eigenvalue weighted by Crippen LogP contribution is 2.26. The van der Waals surface area contributed by atoms with E-state index < -0.39 is 34.3 Å². The lowest BCUT2D eigenvalue weighted by Gasteiger charge is -2.32. The van der Waals surface area contributed by atoms with E-state index in [1.807, 2.05) is 38.1 Å². The van der Waals surface area contributed by atoms with Crippen molar-refractivity contribution in [2.24, 2.45) is 0 Å². The van der Waals surface area contributed by atoms with Gasteiger partial charge in [0.05, 0.1) is 10.6 Å². The molecule has 9 heteroatoms. The second-order valence-electron chi connectivity index (χ2n) is 9.10. The standard InChI is InChI=1S/C29H34FN3O4S/c1-4-5-19-31-29(35)23(3)32(20-24-17-15-22(2)16-18-24)28(34)21-33(27-14-10-9-13-26(27)30)38(36,37)25-11-7-6-8-12-25/h6-18,23H,4-5,19-21H2,1-3H3,(H,31,35). The van der Waals surface area contributed by atoms with Gasteiger partial charge >= 0.3 is 0 Å². The van der Waals surface area contributed by atoms with Crippen LogP contribution in [-0.4, -0.2) is 44.3 Å². The third kappa shape index (κ3) is 7.19. The molecule has 0 fully saturated rings. The molecule has 3 aromatic carbocycles. The minimum Gasteiger partial charge on any atom is -0.354 e. The Morgan fingerprint density at radius 3 is 2.21 bits per heavy atom. The third-order valence-corrected chi connectivity index (χ3v) is 7.98. The SMILES string of the molecule is CCCCNC(=O)C(C)N(Cc1ccc(C)cc1)C(=O)CN(c1ccccc1F)S(=O)(=O)c1ccccc1. The minimum atomic E-state index is -4.30. The lowest BCUT2D eigenvalue weighted by molar-refractivity contribution is -0.139. The molecule has 0 heterocycles. The van der Waals surface area contributed by atoms with Crippen LogP contribution in [0, 0.1) is 12.7 Å². The number of para-hydroxylation sites is 1. The van der Waals surface area contributed by atoms with Crippen LogP contribution in [0.2, 0.25) is 0 Å². The van der Waals surface area contributed by atoms with Gasteiger partial charge in [-0.3, -0.25) is 13.9 Å². The number of carbonyl (C=O) groups excluding carboxylic acids is 2. The molecule has 0 spiro atoms. The van der Waals surface area contributed by atoms with Gasteiger partial charge in [-0.15, -0.1) is 0 Å². The monoisotopic (exact) mass is 539 g/mol. The number of nitrogens with zero attached hydrogens (tertiary/aromatic N) is 2. The van der Waals surface area contributed by atoms with Gasteiger partial charge in [0.1, 0.15) is 18.4 Å². The first-order valence-electron chi connectivity index (χ1n) is 12.6. The molecule has 0 aromatic heterocycles. The number of benzene rings is 3. The molecule has 0 radical (unpaired) electrons. The van der Waals surface area contributed by atoms with Gasteiger partial charge in [-0.25, -0.2) is 12.8 Å². The second kappa shape index (κ2) is 13.2. The normalized spacial score (nSPS) is 12.0. The summed E-state index contributed by atoms with van der Waals surface area (Å²) in [7, 11) is -4.30. The largest absolute Gasteiger partial charge is 0.354 e. The van der Waals surface area contributed by atoms with Crippen LogP contribution in [0.3, 0.4) is 0 Å². The smallest absolute Gasteiger partial charge is 0.264 e. The average Bonchev–Trinajstić information content (AvgIpc) is 2.92. The number of hydrogen-bond acceptors (Lipinski definition) is 4. The quantitative estimate of drug-likeness (QED) is 0.339. The van der Waals surface area contributed by atoms with Crippen LogP contribution < -0.4 is 9.62 Å². The molecule has 1 atom stereocenters. The van der Waals surface area contributed by atoms with Crippen LogP contribution in [0.5, 0.6) is 0 Å². The zero-order chi connectivity index (χ0) is 27.7. The van der Waals surface area contributed by atoms with E-state index in [2.05, 4.69) is 5.32 Å². The highest BCUT2D eigenvalue weighted by molar-refractivity contribution is 7.92. The fourth-order valence-corrected chi connectivity index (χ4v) is 5.34. The molecule has 2 amide bonds. The van der Waals surface area contributed by atoms with Crippen molar-refractivity contribution in [2.45, 2.75) is 51.1 Å². The molecule has 1 unspecified atom stereocenters. The summed E-state index contributed by atoms with van der Waals surface area (Å²) in [4.78, 5) is 28.0. The molecule has 3 rings (SSSR count). The van der Waals surface area contributed by atoms with Gasteiger partial charge in [0.2, 0.25) is 11.8 Å². The average molecular weight is 540 g/mol. The van der Waals surface area contributed by atoms with Crippen LogP contribution in [0.4, 0.5) is 10.1 Å². The third-order valence-electron chi connectivity index (χ3n) is 6.20. The number of aryl methyl sites for hydroxylation is 1. The Balaban J connectivity index is 1.99. The van der Waals surface area contributed by atoms with Crippen LogP contribution in [0.15, 0.2) is 83.8 Å². The van der Waals surface area contributed by atoms with Crippen molar-refractivity contribution >= 4 is 27.5 Å². The highest BCUT2D eigenvalue weighted by Gasteiger charge is 2.33. The first kappa shape index (κ1) is 28.8. The molecule has 38 heavy (non-hydrogen) atoms. The number of anilines is 1. The molecule has 0 aliphatic heterocycles. The fraction of sp³-hybridized carbons (Fsp3) is 0.310. The maximum atomic E-state index is 14.9. The molecular formula is C29H34FN3O4S. The predicted octanol–water partition coefficient (Wildman–Crippen LogP) is 4.66. The zero-order valence-corrected chi connectivity index (χ0v) is 22.7. The van der Waals surface area contributed by atoms with E-state index in [0.29, 0.717) is 6.54 Å². The molecule has 7 nitrogen and oxygen atoms in total. The van der Waals surface area contributed by atoms with Crippen LogP contribution in [-0.2, 0) is 26.2 Å². The number of sulfonamides is 1. The molecule has 0 bridgehead atoms. The van der Waals surface area contributed by atoms with Crippen molar-refractivity contribution in [3.63, 3.8) is 0 Å². The Hall–Kier alpha value is -3.72. The minimum absolute atomic E-state index is 0.0773. The van der Waals surface area contributed by atoms with E-state index >= 15 is 0 Å². The first-order valence-corrected chi connectivity index (χ1v) is 14.0. The van der Waals surface area contributed by atoms with Gasteiger partial charge in [0, 0.05) is 13.1 Å². The maximum Gasteiger partial charge on any atom is 0.264 e. The topological polar surface area (TPSA) is 86.8 Å². The number of carbonyl (C=O) groups is 2. The molecule has 202 valence electrons. The van der Waals surface area contributed by atoms with Crippen molar-refractivity contribution in [3.05, 3.63) is 95.8 Å². The van der Waals surface area contributed by atoms with Crippen molar-refractivity contribution in [2.75, 3.05) is 17.4 Å². The molecule has 0 saturated heterocycles. The summed E-state index contributed by atoms with van der Waals surface area (Å²) in [5.74, 6) is -1.76. The van der Waals surface area contributed by atoms with Gasteiger partial charge in [-0.1, -0.05) is 73.5 Å². The molecule has 0 aliphatic rings. The van der Waals surface area contributed by atoms with E-state index in [-0.39, 0.29) is 23.0 Å². The maximum absolute atomic E-state index is 14.9. The Kier molecular flexibility index (Phi) is 10.0. The van der Waals surface area contributed by atoms with Crippen molar-refractivity contribution in [1.82, 2.24) is 10.2 Å². The number of halogens is 1. The van der Waals surface area contributed by atoms with Crippen molar-refractivity contribution in [1.29, 1.82) is 0 Å². The number of nitrogens with one attached hydrogen (secondary N) is 1. The summed E-state index contributed by atoms with van der Waals surface area (Å²) in [5, 5.41) is 2.84. The number of unbranched alkanes of at least 4 members (excludes halogenated alkanes) is 1. The summed E-state index contributed by atoms with van der Waals surface area (Å²) in [6, 6.07) is 19.6. The summed E-state index contributed by atoms with van der Waals surface area (Å²) >= 11 is 0. The molecule has 0 saturated carbocycles. The van der Waals surface area contributed by atoms with E-state index in [0.717, 1.165) is 34.3 Å². The van der Waals surface area contributed by atoms with Crippen LogP contribution in [0.25, 0.3) is 0 Å². The first-order chi connectivity index (χ1) is 18.1. The van der Waals surface area contributed by atoms with E-state index in [9.17, 15) is 22.4 Å². The van der Waals surface area contributed by atoms with Crippen molar-refractivity contribution < 1.29 is 22.4 Å². The second-order valence-corrected chi connectivity index (χ2v) is 11.0. The molecule has 3 aromatic rings. The van der Waals surface area contributed by atoms with E-state index in [1.54, 1.807) is 25.1 Å². The van der Waals surface area contributed by atoms with Gasteiger partial charge in [-0.05, 0) is 50.1 Å². The lowest BCUT2D eigenvalue weighted by atomic mass is 10.1. The number of amides is 2. The predicted molar refractivity (Wildman–Crippen MR) is 146 cm³/mol. The molecule has 0 aliphatic carbocycles. The Morgan fingerprint density at radius 1 is 0.947 bits per heavy atom. The van der Waals surface area contributed by atoms with Crippen LogP contribution in [0.1, 0.15) is 37.8 Å². The van der Waals surface area contributed by atoms with Gasteiger partial charge in [-0.2, -0.15) is 0 Å². The highest BCUT2D eigenvalue weighted by atomic mass is 32.2. The summed E-state index contributed by atoms with van der Waals surface area (Å²) < 4.78 is 42.9. The van der Waals surface area contributed by atoms with Crippen molar-refractivity contribution in [3.8, 4) is 0 Å². The van der Waals surface area contributed by atoms with E-state index in [4.69, 9.17) is 0 Å². The molecule has 1 N–H and O–H groups in total. The Bertz CT molecular complexity index is 1330. The number of rotatable bonds is 12. The van der Waals surface area contributed by atoms with Gasteiger partial charge in [0.25, 0.3) is 10.0 Å². The molecular weight excluding hydrogens is 505 g/mol. The summed E-state index contributed by atoms with van der Waals surface area (Å²) in [5.41, 5.74) is 1.57. The lowest BCUT2D eigenvalue weighted by Crippen LogP contribution is -2.51. The van der Waals surface area contributed by atoms with Crippen LogP contribution >= 0.6 is 0 Å².